The molecule has 1 aromatic carbocycles. The largest absolute Gasteiger partial charge is 0.441 e. The second-order valence-electron chi connectivity index (χ2n) is 4.95. The van der Waals surface area contributed by atoms with Gasteiger partial charge in [-0.15, -0.1) is 0 Å². The van der Waals surface area contributed by atoms with Crippen molar-refractivity contribution in [1.29, 1.82) is 0 Å². The number of rotatable bonds is 5. The van der Waals surface area contributed by atoms with Crippen LogP contribution < -0.4 is 5.32 Å². The van der Waals surface area contributed by atoms with Gasteiger partial charge in [0.25, 0.3) is 0 Å². The number of hydrogen-bond donors (Lipinski definition) is 2. The summed E-state index contributed by atoms with van der Waals surface area (Å²) in [5.41, 5.74) is 2.85. The van der Waals surface area contributed by atoms with Gasteiger partial charge >= 0.3 is 0 Å². The maximum absolute atomic E-state index is 9.26. The number of oxazole rings is 1. The summed E-state index contributed by atoms with van der Waals surface area (Å²) in [6.45, 7) is 6.92. The lowest BCUT2D eigenvalue weighted by Gasteiger charge is -2.19. The molecule has 0 aliphatic carbocycles. The Balaban J connectivity index is 2.07. The summed E-state index contributed by atoms with van der Waals surface area (Å²) < 4.78 is 5.44. The zero-order chi connectivity index (χ0) is 13.1. The van der Waals surface area contributed by atoms with Crippen LogP contribution >= 0.6 is 0 Å². The van der Waals surface area contributed by atoms with Crippen molar-refractivity contribution < 1.29 is 9.52 Å². The average Bonchev–Trinajstić information content (AvgIpc) is 2.68. The van der Waals surface area contributed by atoms with Gasteiger partial charge in [0.1, 0.15) is 5.52 Å². The van der Waals surface area contributed by atoms with Crippen molar-refractivity contribution in [3.8, 4) is 0 Å². The number of fused-ring (bicyclic) bond motifs is 1. The molecule has 1 aromatic heterocycles. The van der Waals surface area contributed by atoms with Crippen LogP contribution in [0.25, 0.3) is 11.1 Å². The summed E-state index contributed by atoms with van der Waals surface area (Å²) in [5, 5.41) is 12.6. The molecular weight excluding hydrogens is 228 g/mol. The van der Waals surface area contributed by atoms with Gasteiger partial charge in [-0.25, -0.2) is 4.98 Å². The van der Waals surface area contributed by atoms with Crippen molar-refractivity contribution in [3.63, 3.8) is 0 Å². The molecule has 4 heteroatoms. The van der Waals surface area contributed by atoms with Gasteiger partial charge in [0.15, 0.2) is 11.5 Å². The minimum Gasteiger partial charge on any atom is -0.441 e. The first-order valence-electron chi connectivity index (χ1n) is 6.30. The fraction of sp³-hybridized carbons (Fsp3) is 0.500. The van der Waals surface area contributed by atoms with Gasteiger partial charge in [0.2, 0.25) is 0 Å². The van der Waals surface area contributed by atoms with Crippen LogP contribution in [-0.2, 0) is 6.54 Å². The predicted octanol–water partition coefficient (Wildman–Crippen LogP) is 2.24. The van der Waals surface area contributed by atoms with E-state index in [1.165, 1.54) is 0 Å². The van der Waals surface area contributed by atoms with E-state index < -0.39 is 0 Å². The second-order valence-corrected chi connectivity index (χ2v) is 4.95. The Morgan fingerprint density at radius 3 is 2.83 bits per heavy atom. The smallest absolute Gasteiger partial charge is 0.192 e. The Morgan fingerprint density at radius 2 is 2.17 bits per heavy atom. The molecule has 0 fully saturated rings. The van der Waals surface area contributed by atoms with Crippen LogP contribution in [-0.4, -0.2) is 22.7 Å². The molecule has 2 aromatic rings. The summed E-state index contributed by atoms with van der Waals surface area (Å²) in [5.74, 6) is 1.10. The maximum atomic E-state index is 9.26. The van der Waals surface area contributed by atoms with Gasteiger partial charge in [0.05, 0.1) is 6.61 Å². The van der Waals surface area contributed by atoms with E-state index in [4.69, 9.17) is 4.42 Å². The van der Waals surface area contributed by atoms with Gasteiger partial charge in [-0.2, -0.15) is 0 Å². The molecule has 1 atom stereocenters. The Kier molecular flexibility index (Phi) is 3.99. The Hall–Kier alpha value is -1.39. The Bertz CT molecular complexity index is 519. The van der Waals surface area contributed by atoms with Crippen molar-refractivity contribution in [1.82, 2.24) is 10.3 Å². The summed E-state index contributed by atoms with van der Waals surface area (Å²) in [6, 6.07) is 6.11. The van der Waals surface area contributed by atoms with Gasteiger partial charge in [-0.05, 0) is 23.6 Å². The van der Waals surface area contributed by atoms with E-state index in [2.05, 4.69) is 24.1 Å². The molecule has 4 nitrogen and oxygen atoms in total. The molecule has 0 bridgehead atoms. The van der Waals surface area contributed by atoms with Crippen molar-refractivity contribution in [2.45, 2.75) is 33.4 Å². The summed E-state index contributed by atoms with van der Waals surface area (Å²) in [6.07, 6.45) is 0. The molecule has 1 unspecified atom stereocenters. The van der Waals surface area contributed by atoms with E-state index in [1.54, 1.807) is 0 Å². The number of aliphatic hydroxyl groups is 1. The predicted molar refractivity (Wildman–Crippen MR) is 71.3 cm³/mol. The van der Waals surface area contributed by atoms with Gasteiger partial charge < -0.3 is 14.8 Å². The fourth-order valence-electron chi connectivity index (χ4n) is 1.96. The van der Waals surface area contributed by atoms with Crippen LogP contribution in [0.1, 0.15) is 25.3 Å². The van der Waals surface area contributed by atoms with E-state index in [1.807, 2.05) is 25.1 Å². The Morgan fingerprint density at radius 1 is 1.39 bits per heavy atom. The normalized spacial score (nSPS) is 13.4. The highest BCUT2D eigenvalue weighted by Gasteiger charge is 2.11. The van der Waals surface area contributed by atoms with Crippen molar-refractivity contribution in [3.05, 3.63) is 29.7 Å². The first kappa shape index (κ1) is 13.1. The molecular formula is C14H20N2O2. The van der Waals surface area contributed by atoms with Crippen molar-refractivity contribution in [2.24, 2.45) is 5.92 Å². The number of aryl methyl sites for hydroxylation is 1. The minimum absolute atomic E-state index is 0.125. The zero-order valence-corrected chi connectivity index (χ0v) is 11.1. The van der Waals surface area contributed by atoms with E-state index in [0.717, 1.165) is 23.2 Å². The Labute approximate surface area is 107 Å². The minimum atomic E-state index is 0.125. The highest BCUT2D eigenvalue weighted by Crippen LogP contribution is 2.17. The van der Waals surface area contributed by atoms with Crippen molar-refractivity contribution in [2.75, 3.05) is 6.61 Å². The average molecular weight is 248 g/mol. The molecule has 0 saturated heterocycles. The lowest BCUT2D eigenvalue weighted by Crippen LogP contribution is -2.36. The molecule has 98 valence electrons. The number of aromatic nitrogens is 1. The standard InChI is InChI=1S/C14H20N2O2/c1-9(2)13(8-17)15-7-11-4-5-14-12(6-11)16-10(3)18-14/h4-6,9,13,15,17H,7-8H2,1-3H3. The zero-order valence-electron chi connectivity index (χ0n) is 11.1. The molecule has 0 aliphatic heterocycles. The SMILES string of the molecule is Cc1nc2cc(CNC(CO)C(C)C)ccc2o1. The van der Waals surface area contributed by atoms with Crippen LogP contribution in [0, 0.1) is 12.8 Å². The summed E-state index contributed by atoms with van der Waals surface area (Å²) in [7, 11) is 0. The lowest BCUT2D eigenvalue weighted by molar-refractivity contribution is 0.210. The number of hydrogen-bond acceptors (Lipinski definition) is 4. The van der Waals surface area contributed by atoms with Crippen molar-refractivity contribution >= 4 is 11.1 Å². The van der Waals surface area contributed by atoms with E-state index in [9.17, 15) is 5.11 Å². The van der Waals surface area contributed by atoms with Crippen LogP contribution in [0.4, 0.5) is 0 Å². The van der Waals surface area contributed by atoms with Gasteiger partial charge in [-0.1, -0.05) is 19.9 Å². The molecule has 0 saturated carbocycles. The number of nitrogens with zero attached hydrogens (tertiary/aromatic N) is 1. The quantitative estimate of drug-likeness (QED) is 0.852. The van der Waals surface area contributed by atoms with E-state index in [-0.39, 0.29) is 12.6 Å². The van der Waals surface area contributed by atoms with E-state index >= 15 is 0 Å². The first-order chi connectivity index (χ1) is 8.60. The third-order valence-corrected chi connectivity index (χ3v) is 3.13. The summed E-state index contributed by atoms with van der Waals surface area (Å²) in [4.78, 5) is 4.31. The molecule has 1 heterocycles. The van der Waals surface area contributed by atoms with Crippen LogP contribution in [0.2, 0.25) is 0 Å². The lowest BCUT2D eigenvalue weighted by atomic mass is 10.1. The molecule has 2 rings (SSSR count). The van der Waals surface area contributed by atoms with Crippen LogP contribution in [0.3, 0.4) is 0 Å². The number of aliphatic hydroxyl groups excluding tert-OH is 1. The molecule has 0 radical (unpaired) electrons. The molecule has 18 heavy (non-hydrogen) atoms. The van der Waals surface area contributed by atoms with Gasteiger partial charge in [-0.3, -0.25) is 0 Å². The fourth-order valence-corrected chi connectivity index (χ4v) is 1.96. The topological polar surface area (TPSA) is 58.3 Å². The monoisotopic (exact) mass is 248 g/mol. The number of nitrogens with one attached hydrogen (secondary N) is 1. The molecule has 0 amide bonds. The highest BCUT2D eigenvalue weighted by atomic mass is 16.3. The van der Waals surface area contributed by atoms with Gasteiger partial charge in [0, 0.05) is 19.5 Å². The van der Waals surface area contributed by atoms with E-state index in [0.29, 0.717) is 11.8 Å². The molecule has 0 aliphatic rings. The molecule has 2 N–H and O–H groups in total. The first-order valence-corrected chi connectivity index (χ1v) is 6.30. The third-order valence-electron chi connectivity index (χ3n) is 3.13. The number of benzene rings is 1. The van der Waals surface area contributed by atoms with Crippen LogP contribution in [0.5, 0.6) is 0 Å². The highest BCUT2D eigenvalue weighted by molar-refractivity contribution is 5.73. The molecule has 0 spiro atoms. The summed E-state index contributed by atoms with van der Waals surface area (Å²) >= 11 is 0. The second kappa shape index (κ2) is 5.50. The maximum Gasteiger partial charge on any atom is 0.192 e. The third kappa shape index (κ3) is 2.89. The van der Waals surface area contributed by atoms with Crippen LogP contribution in [0.15, 0.2) is 22.6 Å².